The fourth-order valence-electron chi connectivity index (χ4n) is 3.16. The van der Waals surface area contributed by atoms with Crippen molar-refractivity contribution in [3.8, 4) is 0 Å². The van der Waals surface area contributed by atoms with Crippen molar-refractivity contribution < 1.29 is 14.6 Å². The molecule has 1 spiro atoms. The summed E-state index contributed by atoms with van der Waals surface area (Å²) in [5, 5.41) is 10.7. The first-order valence-corrected chi connectivity index (χ1v) is 6.34. The second-order valence-electron chi connectivity index (χ2n) is 5.08. The van der Waals surface area contributed by atoms with E-state index in [4.69, 9.17) is 15.2 Å². The summed E-state index contributed by atoms with van der Waals surface area (Å²) in [4.78, 5) is 0. The van der Waals surface area contributed by atoms with Crippen LogP contribution >= 0.6 is 0 Å². The Hall–Kier alpha value is -0.160. The van der Waals surface area contributed by atoms with E-state index in [1.165, 1.54) is 0 Å². The van der Waals surface area contributed by atoms with Gasteiger partial charge in [-0.25, -0.2) is 0 Å². The van der Waals surface area contributed by atoms with Crippen LogP contribution in [0.25, 0.3) is 0 Å². The molecule has 4 heteroatoms. The molecule has 16 heavy (non-hydrogen) atoms. The topological polar surface area (TPSA) is 64.7 Å². The van der Waals surface area contributed by atoms with Crippen LogP contribution in [0.1, 0.15) is 39.0 Å². The summed E-state index contributed by atoms with van der Waals surface area (Å²) in [6.07, 6.45) is 4.15. The molecule has 2 aliphatic rings. The van der Waals surface area contributed by atoms with Crippen molar-refractivity contribution in [3.63, 3.8) is 0 Å². The first-order valence-electron chi connectivity index (χ1n) is 6.34. The van der Waals surface area contributed by atoms with Gasteiger partial charge in [0.15, 0.2) is 5.79 Å². The van der Waals surface area contributed by atoms with Crippen molar-refractivity contribution in [2.75, 3.05) is 19.8 Å². The van der Waals surface area contributed by atoms with Gasteiger partial charge in [0, 0.05) is 12.8 Å². The second-order valence-corrected chi connectivity index (χ2v) is 5.08. The summed E-state index contributed by atoms with van der Waals surface area (Å²) in [7, 11) is 0. The molecule has 1 saturated heterocycles. The molecule has 2 unspecified atom stereocenters. The molecule has 0 aromatic heterocycles. The van der Waals surface area contributed by atoms with Crippen molar-refractivity contribution in [2.24, 2.45) is 11.7 Å². The van der Waals surface area contributed by atoms with E-state index in [-0.39, 0.29) is 5.92 Å². The molecule has 0 amide bonds. The lowest BCUT2D eigenvalue weighted by molar-refractivity contribution is -0.227. The van der Waals surface area contributed by atoms with E-state index in [0.717, 1.165) is 25.7 Å². The predicted octanol–water partition coefficient (Wildman–Crippen LogP) is 1.02. The summed E-state index contributed by atoms with van der Waals surface area (Å²) in [6.45, 7) is 3.90. The molecule has 4 nitrogen and oxygen atoms in total. The molecule has 2 rings (SSSR count). The van der Waals surface area contributed by atoms with Crippen LogP contribution < -0.4 is 5.73 Å². The van der Waals surface area contributed by atoms with Crippen molar-refractivity contribution in [1.29, 1.82) is 0 Å². The number of nitrogens with two attached hydrogens (primary N) is 1. The fourth-order valence-corrected chi connectivity index (χ4v) is 3.16. The molecule has 0 aromatic rings. The zero-order valence-corrected chi connectivity index (χ0v) is 10.1. The summed E-state index contributed by atoms with van der Waals surface area (Å²) in [6, 6.07) is 0. The molecular weight excluding hydrogens is 206 g/mol. The Balaban J connectivity index is 2.09. The summed E-state index contributed by atoms with van der Waals surface area (Å²) in [5.74, 6) is -0.368. The van der Waals surface area contributed by atoms with Crippen LogP contribution in [0.2, 0.25) is 0 Å². The summed E-state index contributed by atoms with van der Waals surface area (Å²) in [5.41, 5.74) is 5.04. The van der Waals surface area contributed by atoms with Crippen LogP contribution in [0.4, 0.5) is 0 Å². The minimum Gasteiger partial charge on any atom is -0.389 e. The molecular formula is C12H23NO3. The van der Waals surface area contributed by atoms with Gasteiger partial charge in [0.25, 0.3) is 0 Å². The highest BCUT2D eigenvalue weighted by molar-refractivity contribution is 4.97. The Bertz CT molecular complexity index is 236. The fraction of sp³-hybridized carbons (Fsp3) is 1.00. The highest BCUT2D eigenvalue weighted by atomic mass is 16.7. The van der Waals surface area contributed by atoms with Gasteiger partial charge in [-0.1, -0.05) is 6.92 Å². The average Bonchev–Trinajstić information content (AvgIpc) is 2.67. The van der Waals surface area contributed by atoms with E-state index in [2.05, 4.69) is 6.92 Å². The third-order valence-electron chi connectivity index (χ3n) is 4.09. The van der Waals surface area contributed by atoms with Gasteiger partial charge < -0.3 is 20.3 Å². The number of rotatable bonds is 3. The van der Waals surface area contributed by atoms with Crippen molar-refractivity contribution in [2.45, 2.75) is 50.4 Å². The van der Waals surface area contributed by atoms with Crippen LogP contribution in [-0.2, 0) is 9.47 Å². The molecule has 0 aromatic carbocycles. The van der Waals surface area contributed by atoms with E-state index < -0.39 is 11.4 Å². The van der Waals surface area contributed by atoms with E-state index >= 15 is 0 Å². The number of hydrogen-bond acceptors (Lipinski definition) is 4. The van der Waals surface area contributed by atoms with Gasteiger partial charge in [-0.3, -0.25) is 0 Å². The zero-order valence-electron chi connectivity index (χ0n) is 10.1. The van der Waals surface area contributed by atoms with Crippen molar-refractivity contribution in [1.82, 2.24) is 0 Å². The zero-order chi connectivity index (χ0) is 11.6. The lowest BCUT2D eigenvalue weighted by Gasteiger charge is -2.45. The minimum atomic E-state index is -0.702. The van der Waals surface area contributed by atoms with Crippen LogP contribution in [0, 0.1) is 5.92 Å². The molecule has 2 atom stereocenters. The lowest BCUT2D eigenvalue weighted by atomic mass is 9.72. The van der Waals surface area contributed by atoms with Gasteiger partial charge in [0.05, 0.1) is 18.8 Å². The molecule has 1 aliphatic heterocycles. The lowest BCUT2D eigenvalue weighted by Crippen LogP contribution is -2.52. The summed E-state index contributed by atoms with van der Waals surface area (Å²) < 4.78 is 11.4. The third kappa shape index (κ3) is 2.12. The second kappa shape index (κ2) is 4.61. The quantitative estimate of drug-likeness (QED) is 0.758. The highest BCUT2D eigenvalue weighted by Gasteiger charge is 2.50. The smallest absolute Gasteiger partial charge is 0.171 e. The van der Waals surface area contributed by atoms with E-state index in [1.54, 1.807) is 0 Å². The van der Waals surface area contributed by atoms with Gasteiger partial charge in [-0.15, -0.1) is 0 Å². The van der Waals surface area contributed by atoms with Crippen LogP contribution in [0.3, 0.4) is 0 Å². The largest absolute Gasteiger partial charge is 0.389 e. The Labute approximate surface area is 97.1 Å². The maximum absolute atomic E-state index is 10.7. The SMILES string of the molecule is CCC(CN)C1(O)CCCC2(C1)OCCO2. The van der Waals surface area contributed by atoms with Gasteiger partial charge in [0.1, 0.15) is 0 Å². The highest BCUT2D eigenvalue weighted by Crippen LogP contribution is 2.44. The monoisotopic (exact) mass is 229 g/mol. The van der Waals surface area contributed by atoms with E-state index in [1.807, 2.05) is 0 Å². The average molecular weight is 229 g/mol. The molecule has 0 radical (unpaired) electrons. The molecule has 3 N–H and O–H groups in total. The number of aliphatic hydroxyl groups is 1. The summed E-state index contributed by atoms with van der Waals surface area (Å²) >= 11 is 0. The van der Waals surface area contributed by atoms with Crippen molar-refractivity contribution in [3.05, 3.63) is 0 Å². The normalized spacial score (nSPS) is 35.4. The number of hydrogen-bond donors (Lipinski definition) is 2. The Morgan fingerprint density at radius 1 is 1.31 bits per heavy atom. The first-order chi connectivity index (χ1) is 7.64. The minimum absolute atomic E-state index is 0.150. The van der Waals surface area contributed by atoms with Crippen LogP contribution in [0.15, 0.2) is 0 Å². The standard InChI is InChI=1S/C12H23NO3/c1-2-10(8-13)11(14)4-3-5-12(9-11)15-6-7-16-12/h10,14H,2-9,13H2,1H3. The van der Waals surface area contributed by atoms with E-state index in [9.17, 15) is 5.11 Å². The molecule has 1 heterocycles. The molecule has 94 valence electrons. The van der Waals surface area contributed by atoms with Crippen LogP contribution in [-0.4, -0.2) is 36.3 Å². The predicted molar refractivity (Wildman–Crippen MR) is 60.9 cm³/mol. The molecule has 1 aliphatic carbocycles. The van der Waals surface area contributed by atoms with Gasteiger partial charge in [-0.05, 0) is 31.7 Å². The van der Waals surface area contributed by atoms with Gasteiger partial charge in [0.2, 0.25) is 0 Å². The maximum atomic E-state index is 10.7. The van der Waals surface area contributed by atoms with Crippen LogP contribution in [0.5, 0.6) is 0 Å². The molecule has 2 fully saturated rings. The molecule has 0 bridgehead atoms. The first kappa shape index (κ1) is 12.3. The van der Waals surface area contributed by atoms with Crippen molar-refractivity contribution >= 4 is 0 Å². The number of ether oxygens (including phenoxy) is 2. The van der Waals surface area contributed by atoms with E-state index in [0.29, 0.717) is 26.2 Å². The van der Waals surface area contributed by atoms with Gasteiger partial charge >= 0.3 is 0 Å². The Kier molecular flexibility index (Phi) is 3.54. The Morgan fingerprint density at radius 2 is 2.00 bits per heavy atom. The third-order valence-corrected chi connectivity index (χ3v) is 4.09. The maximum Gasteiger partial charge on any atom is 0.171 e. The molecule has 1 saturated carbocycles. The van der Waals surface area contributed by atoms with Gasteiger partial charge in [-0.2, -0.15) is 0 Å². The Morgan fingerprint density at radius 3 is 2.56 bits per heavy atom.